The van der Waals surface area contributed by atoms with Crippen LogP contribution in [-0.4, -0.2) is 41.8 Å². The highest BCUT2D eigenvalue weighted by Gasteiger charge is 2.34. The topological polar surface area (TPSA) is 105 Å². The van der Waals surface area contributed by atoms with E-state index in [4.69, 9.17) is 4.74 Å². The first-order valence-electron chi connectivity index (χ1n) is 11.5. The molecule has 2 amide bonds. The van der Waals surface area contributed by atoms with Crippen LogP contribution >= 0.6 is 0 Å². The highest BCUT2D eigenvalue weighted by molar-refractivity contribution is 5.89. The lowest BCUT2D eigenvalue weighted by Gasteiger charge is -2.24. The normalized spacial score (nSPS) is 16.5. The number of hydrogen-bond donors (Lipinski definition) is 3. The molecule has 0 heterocycles. The summed E-state index contributed by atoms with van der Waals surface area (Å²) >= 11 is 0. The van der Waals surface area contributed by atoms with Crippen molar-refractivity contribution >= 4 is 18.0 Å². The standard InChI is InChI=1S/C26H30N2O5/c1-15(2)23(24(29)27-22(25(30)31)13-16-11-12-16)28-26(32)33-14-21-19-9-5-3-7-17(19)18-8-4-6-10-20(18)21/h3-10,15-16,21-23H,11-14H2,1-2H3,(H,27,29)(H,28,32)(H,30,31)/t22?,23-/m0/s1. The first kappa shape index (κ1) is 22.8. The summed E-state index contributed by atoms with van der Waals surface area (Å²) < 4.78 is 5.55. The zero-order valence-corrected chi connectivity index (χ0v) is 18.9. The van der Waals surface area contributed by atoms with Crippen LogP contribution in [0.4, 0.5) is 4.79 Å². The fraction of sp³-hybridized carbons (Fsp3) is 0.423. The van der Waals surface area contributed by atoms with Gasteiger partial charge in [-0.25, -0.2) is 9.59 Å². The van der Waals surface area contributed by atoms with Crippen LogP contribution in [0, 0.1) is 11.8 Å². The molecule has 2 aliphatic carbocycles. The number of alkyl carbamates (subject to hydrolysis) is 1. The molecule has 174 valence electrons. The van der Waals surface area contributed by atoms with Gasteiger partial charge in [0.15, 0.2) is 0 Å². The predicted molar refractivity (Wildman–Crippen MR) is 124 cm³/mol. The summed E-state index contributed by atoms with van der Waals surface area (Å²) in [7, 11) is 0. The minimum absolute atomic E-state index is 0.0793. The molecule has 1 unspecified atom stereocenters. The molecule has 2 aliphatic rings. The van der Waals surface area contributed by atoms with Gasteiger partial charge in [-0.1, -0.05) is 75.2 Å². The summed E-state index contributed by atoms with van der Waals surface area (Å²) in [6, 6.07) is 14.3. The molecule has 4 rings (SSSR count). The van der Waals surface area contributed by atoms with Crippen LogP contribution in [0.2, 0.25) is 0 Å². The van der Waals surface area contributed by atoms with E-state index in [1.807, 2.05) is 36.4 Å². The summed E-state index contributed by atoms with van der Waals surface area (Å²) in [5, 5.41) is 14.7. The van der Waals surface area contributed by atoms with E-state index in [1.54, 1.807) is 13.8 Å². The number of ether oxygens (including phenoxy) is 1. The Bertz CT molecular complexity index is 1000. The third kappa shape index (κ3) is 5.18. The smallest absolute Gasteiger partial charge is 0.407 e. The molecule has 0 spiro atoms. The number of benzene rings is 2. The molecule has 2 atom stereocenters. The predicted octanol–water partition coefficient (Wildman–Crippen LogP) is 3.92. The van der Waals surface area contributed by atoms with Gasteiger partial charge in [-0.2, -0.15) is 0 Å². The third-order valence-electron chi connectivity index (χ3n) is 6.45. The van der Waals surface area contributed by atoms with E-state index in [9.17, 15) is 19.5 Å². The summed E-state index contributed by atoms with van der Waals surface area (Å²) in [5.74, 6) is -1.53. The van der Waals surface area contributed by atoms with Crippen molar-refractivity contribution < 1.29 is 24.2 Å². The highest BCUT2D eigenvalue weighted by atomic mass is 16.5. The van der Waals surface area contributed by atoms with Crippen LogP contribution in [0.3, 0.4) is 0 Å². The van der Waals surface area contributed by atoms with E-state index >= 15 is 0 Å². The van der Waals surface area contributed by atoms with E-state index in [0.717, 1.165) is 35.1 Å². The fourth-order valence-corrected chi connectivity index (χ4v) is 4.47. The number of carbonyl (C=O) groups is 3. The lowest BCUT2D eigenvalue weighted by Crippen LogP contribution is -2.54. The maximum absolute atomic E-state index is 12.8. The van der Waals surface area contributed by atoms with Gasteiger partial charge in [0.2, 0.25) is 5.91 Å². The van der Waals surface area contributed by atoms with Crippen molar-refractivity contribution in [3.63, 3.8) is 0 Å². The molecular formula is C26H30N2O5. The molecule has 0 saturated heterocycles. The Morgan fingerprint density at radius 3 is 2.06 bits per heavy atom. The van der Waals surface area contributed by atoms with Gasteiger partial charge >= 0.3 is 12.1 Å². The molecular weight excluding hydrogens is 420 g/mol. The Morgan fingerprint density at radius 1 is 0.970 bits per heavy atom. The molecule has 0 aliphatic heterocycles. The van der Waals surface area contributed by atoms with Gasteiger partial charge in [0, 0.05) is 5.92 Å². The Kier molecular flexibility index (Phi) is 6.67. The molecule has 1 fully saturated rings. The van der Waals surface area contributed by atoms with Crippen molar-refractivity contribution in [2.75, 3.05) is 6.61 Å². The average Bonchev–Trinajstić information content (AvgIpc) is 3.56. The fourth-order valence-electron chi connectivity index (χ4n) is 4.47. The number of fused-ring (bicyclic) bond motifs is 3. The van der Waals surface area contributed by atoms with E-state index in [-0.39, 0.29) is 18.4 Å². The largest absolute Gasteiger partial charge is 0.480 e. The lowest BCUT2D eigenvalue weighted by molar-refractivity contribution is -0.142. The van der Waals surface area contributed by atoms with Crippen LogP contribution in [0.5, 0.6) is 0 Å². The van der Waals surface area contributed by atoms with Crippen LogP contribution in [0.25, 0.3) is 11.1 Å². The molecule has 2 aromatic rings. The van der Waals surface area contributed by atoms with Crippen LogP contribution in [0.1, 0.15) is 50.2 Å². The number of nitrogens with one attached hydrogen (secondary N) is 2. The molecule has 0 bridgehead atoms. The number of rotatable bonds is 9. The number of hydrogen-bond acceptors (Lipinski definition) is 4. The van der Waals surface area contributed by atoms with Gasteiger partial charge in [0.05, 0.1) is 0 Å². The summed E-state index contributed by atoms with van der Waals surface area (Å²) in [5.41, 5.74) is 4.48. The zero-order chi connectivity index (χ0) is 23.5. The average molecular weight is 451 g/mol. The first-order chi connectivity index (χ1) is 15.8. The molecule has 2 aromatic carbocycles. The molecule has 33 heavy (non-hydrogen) atoms. The molecule has 0 radical (unpaired) electrons. The van der Waals surface area contributed by atoms with Crippen molar-refractivity contribution in [2.24, 2.45) is 11.8 Å². The minimum atomic E-state index is -1.06. The highest BCUT2D eigenvalue weighted by Crippen LogP contribution is 2.44. The number of carboxylic acids is 1. The quantitative estimate of drug-likeness (QED) is 0.537. The van der Waals surface area contributed by atoms with Gasteiger partial charge in [-0.15, -0.1) is 0 Å². The number of carbonyl (C=O) groups excluding carboxylic acids is 2. The van der Waals surface area contributed by atoms with E-state index in [0.29, 0.717) is 12.3 Å². The van der Waals surface area contributed by atoms with Gasteiger partial charge in [-0.05, 0) is 40.5 Å². The molecule has 7 heteroatoms. The maximum Gasteiger partial charge on any atom is 0.407 e. The van der Waals surface area contributed by atoms with Gasteiger partial charge < -0.3 is 20.5 Å². The molecule has 3 N–H and O–H groups in total. The van der Waals surface area contributed by atoms with Crippen molar-refractivity contribution in [3.8, 4) is 11.1 Å². The van der Waals surface area contributed by atoms with E-state index in [1.165, 1.54) is 0 Å². The van der Waals surface area contributed by atoms with Gasteiger partial charge in [-0.3, -0.25) is 4.79 Å². The Balaban J connectivity index is 1.38. The van der Waals surface area contributed by atoms with E-state index in [2.05, 4.69) is 22.8 Å². The SMILES string of the molecule is CC(C)[C@H](NC(=O)OCC1c2ccccc2-c2ccccc21)C(=O)NC(CC1CC1)C(=O)O. The summed E-state index contributed by atoms with van der Waals surface area (Å²) in [6.07, 6.45) is 1.70. The second kappa shape index (κ2) is 9.65. The second-order valence-corrected chi connectivity index (χ2v) is 9.27. The molecule has 1 saturated carbocycles. The third-order valence-corrected chi connectivity index (χ3v) is 6.45. The Labute approximate surface area is 193 Å². The first-order valence-corrected chi connectivity index (χ1v) is 11.5. The van der Waals surface area contributed by atoms with Crippen LogP contribution in [-0.2, 0) is 14.3 Å². The second-order valence-electron chi connectivity index (χ2n) is 9.27. The molecule has 0 aromatic heterocycles. The zero-order valence-electron chi connectivity index (χ0n) is 18.9. The number of carboxylic acid groups (broad SMARTS) is 1. The van der Waals surface area contributed by atoms with Crippen molar-refractivity contribution in [3.05, 3.63) is 59.7 Å². The summed E-state index contributed by atoms with van der Waals surface area (Å²) in [6.45, 7) is 3.74. The van der Waals surface area contributed by atoms with Gasteiger partial charge in [0.1, 0.15) is 18.7 Å². The Hall–Kier alpha value is -3.35. The van der Waals surface area contributed by atoms with Crippen molar-refractivity contribution in [1.29, 1.82) is 0 Å². The number of amides is 2. The van der Waals surface area contributed by atoms with Crippen molar-refractivity contribution in [2.45, 2.75) is 51.1 Å². The number of aliphatic carboxylic acids is 1. The van der Waals surface area contributed by atoms with Crippen molar-refractivity contribution in [1.82, 2.24) is 10.6 Å². The molecule has 7 nitrogen and oxygen atoms in total. The van der Waals surface area contributed by atoms with Gasteiger partial charge in [0.25, 0.3) is 0 Å². The Morgan fingerprint density at radius 2 is 1.55 bits per heavy atom. The van der Waals surface area contributed by atoms with Crippen LogP contribution < -0.4 is 10.6 Å². The summed E-state index contributed by atoms with van der Waals surface area (Å²) in [4.78, 5) is 36.9. The lowest BCUT2D eigenvalue weighted by atomic mass is 9.98. The van der Waals surface area contributed by atoms with Crippen LogP contribution in [0.15, 0.2) is 48.5 Å². The maximum atomic E-state index is 12.8. The minimum Gasteiger partial charge on any atom is -0.480 e. The monoisotopic (exact) mass is 450 g/mol. The van der Waals surface area contributed by atoms with E-state index < -0.39 is 30.1 Å².